The van der Waals surface area contributed by atoms with Crippen LogP contribution in [0.5, 0.6) is 5.75 Å². The normalized spacial score (nSPS) is 16.9. The number of carbonyl (C=O) groups is 2. The van der Waals surface area contributed by atoms with Gasteiger partial charge in [-0.25, -0.2) is 0 Å². The molecule has 0 aliphatic carbocycles. The lowest BCUT2D eigenvalue weighted by atomic mass is 9.96. The quantitative estimate of drug-likeness (QED) is 0.814. The van der Waals surface area contributed by atoms with Gasteiger partial charge < -0.3 is 15.0 Å². The molecule has 6 nitrogen and oxygen atoms in total. The van der Waals surface area contributed by atoms with Crippen LogP contribution < -0.4 is 10.1 Å². The number of carbonyl (C=O) groups excluding carboxylic acids is 2. The monoisotopic (exact) mass is 367 g/mol. The number of nitrogens with zero attached hydrogens (tertiary/aromatic N) is 2. The first-order chi connectivity index (χ1) is 13.2. The molecular formula is C21H25N3O3. The fourth-order valence-corrected chi connectivity index (χ4v) is 3.29. The molecule has 0 spiro atoms. The molecule has 0 bridgehead atoms. The van der Waals surface area contributed by atoms with Crippen LogP contribution in [0, 0.1) is 5.92 Å². The first-order valence-electron chi connectivity index (χ1n) is 9.23. The Balaban J connectivity index is 1.52. The van der Waals surface area contributed by atoms with Crippen LogP contribution in [0.2, 0.25) is 0 Å². The van der Waals surface area contributed by atoms with E-state index < -0.39 is 0 Å². The van der Waals surface area contributed by atoms with Gasteiger partial charge in [0.1, 0.15) is 5.75 Å². The van der Waals surface area contributed by atoms with Crippen molar-refractivity contribution in [2.45, 2.75) is 25.8 Å². The Kier molecular flexibility index (Phi) is 6.41. The van der Waals surface area contributed by atoms with Gasteiger partial charge >= 0.3 is 0 Å². The maximum atomic E-state index is 12.5. The highest BCUT2D eigenvalue weighted by atomic mass is 16.5. The van der Waals surface area contributed by atoms with Crippen LogP contribution in [0.25, 0.3) is 0 Å². The molecule has 27 heavy (non-hydrogen) atoms. The summed E-state index contributed by atoms with van der Waals surface area (Å²) in [6.07, 6.45) is 5.30. The fourth-order valence-electron chi connectivity index (χ4n) is 3.29. The van der Waals surface area contributed by atoms with Gasteiger partial charge in [0.05, 0.1) is 13.0 Å². The third-order valence-electron chi connectivity index (χ3n) is 4.81. The van der Waals surface area contributed by atoms with E-state index in [1.54, 1.807) is 24.4 Å². The summed E-state index contributed by atoms with van der Waals surface area (Å²) in [7, 11) is 1.62. The molecule has 0 saturated carbocycles. The fraction of sp³-hybridized carbons (Fsp3) is 0.381. The maximum absolute atomic E-state index is 12.5. The molecule has 1 aliphatic heterocycles. The lowest BCUT2D eigenvalue weighted by molar-refractivity contribution is -0.138. The lowest BCUT2D eigenvalue weighted by Gasteiger charge is -2.32. The number of likely N-dealkylation sites (tertiary alicyclic amines) is 1. The Morgan fingerprint density at radius 1 is 1.30 bits per heavy atom. The summed E-state index contributed by atoms with van der Waals surface area (Å²) >= 11 is 0. The second-order valence-electron chi connectivity index (χ2n) is 6.76. The summed E-state index contributed by atoms with van der Waals surface area (Å²) in [4.78, 5) is 30.6. The highest BCUT2D eigenvalue weighted by Crippen LogP contribution is 2.21. The molecule has 2 heterocycles. The van der Waals surface area contributed by atoms with Crippen molar-refractivity contribution in [3.63, 3.8) is 0 Å². The summed E-state index contributed by atoms with van der Waals surface area (Å²) in [6.45, 7) is 1.52. The van der Waals surface area contributed by atoms with Crippen molar-refractivity contribution in [1.29, 1.82) is 0 Å². The van der Waals surface area contributed by atoms with Crippen LogP contribution >= 0.6 is 0 Å². The SMILES string of the molecule is COc1cccc(CN2C[C@@H](C(=O)NCCc3cccnc3)CCC2=O)c1. The van der Waals surface area contributed by atoms with Gasteiger partial charge in [0.2, 0.25) is 11.8 Å². The van der Waals surface area contributed by atoms with Crippen molar-refractivity contribution in [1.82, 2.24) is 15.2 Å². The second-order valence-corrected chi connectivity index (χ2v) is 6.76. The molecule has 1 atom stereocenters. The first kappa shape index (κ1) is 18.9. The summed E-state index contributed by atoms with van der Waals surface area (Å²) in [5.74, 6) is 0.711. The molecule has 1 N–H and O–H groups in total. The predicted molar refractivity (Wildman–Crippen MR) is 102 cm³/mol. The first-order valence-corrected chi connectivity index (χ1v) is 9.23. The number of hydrogen-bond donors (Lipinski definition) is 1. The molecule has 142 valence electrons. The minimum atomic E-state index is -0.165. The molecule has 1 aromatic heterocycles. The molecule has 1 fully saturated rings. The van der Waals surface area contributed by atoms with Crippen molar-refractivity contribution in [3.05, 3.63) is 59.9 Å². The summed E-state index contributed by atoms with van der Waals surface area (Å²) in [6, 6.07) is 11.6. The Hall–Kier alpha value is -2.89. The van der Waals surface area contributed by atoms with Crippen LogP contribution in [-0.4, -0.2) is 41.9 Å². The summed E-state index contributed by atoms with van der Waals surface area (Å²) < 4.78 is 5.24. The summed E-state index contributed by atoms with van der Waals surface area (Å²) in [5, 5.41) is 2.99. The molecule has 3 rings (SSSR count). The second kappa shape index (κ2) is 9.16. The van der Waals surface area contributed by atoms with E-state index in [0.29, 0.717) is 32.5 Å². The molecule has 2 amide bonds. The van der Waals surface area contributed by atoms with Gasteiger partial charge in [-0.05, 0) is 42.2 Å². The Bertz CT molecular complexity index is 779. The Labute approximate surface area is 159 Å². The zero-order valence-corrected chi connectivity index (χ0v) is 15.6. The van der Waals surface area contributed by atoms with E-state index in [1.165, 1.54) is 0 Å². The molecule has 0 unspecified atom stereocenters. The third kappa shape index (κ3) is 5.29. The van der Waals surface area contributed by atoms with Crippen molar-refractivity contribution >= 4 is 11.8 Å². The smallest absolute Gasteiger partial charge is 0.224 e. The number of rotatable bonds is 7. The van der Waals surface area contributed by atoms with Crippen molar-refractivity contribution in [2.75, 3.05) is 20.2 Å². The van der Waals surface area contributed by atoms with E-state index in [-0.39, 0.29) is 17.7 Å². The Morgan fingerprint density at radius 2 is 2.15 bits per heavy atom. The largest absolute Gasteiger partial charge is 0.497 e. The van der Waals surface area contributed by atoms with E-state index in [0.717, 1.165) is 23.3 Å². The molecule has 1 saturated heterocycles. The van der Waals surface area contributed by atoms with Gasteiger partial charge in [-0.15, -0.1) is 0 Å². The van der Waals surface area contributed by atoms with Crippen LogP contribution in [0.15, 0.2) is 48.8 Å². The number of nitrogens with one attached hydrogen (secondary N) is 1. The predicted octanol–water partition coefficient (Wildman–Crippen LogP) is 2.19. The van der Waals surface area contributed by atoms with Crippen LogP contribution in [0.1, 0.15) is 24.0 Å². The minimum Gasteiger partial charge on any atom is -0.497 e. The van der Waals surface area contributed by atoms with Crippen LogP contribution in [0.3, 0.4) is 0 Å². The number of methoxy groups -OCH3 is 1. The van der Waals surface area contributed by atoms with Gasteiger partial charge in [0, 0.05) is 38.4 Å². The van der Waals surface area contributed by atoms with E-state index in [1.807, 2.05) is 36.4 Å². The van der Waals surface area contributed by atoms with Crippen LogP contribution in [-0.2, 0) is 22.6 Å². The number of ether oxygens (including phenoxy) is 1. The van der Waals surface area contributed by atoms with E-state index in [4.69, 9.17) is 4.74 Å². The molecule has 1 aromatic carbocycles. The summed E-state index contributed by atoms with van der Waals surface area (Å²) in [5.41, 5.74) is 2.09. The van der Waals surface area contributed by atoms with Crippen molar-refractivity contribution in [3.8, 4) is 5.75 Å². The average molecular weight is 367 g/mol. The zero-order valence-electron chi connectivity index (χ0n) is 15.6. The highest BCUT2D eigenvalue weighted by molar-refractivity contribution is 5.83. The van der Waals surface area contributed by atoms with Gasteiger partial charge in [-0.1, -0.05) is 18.2 Å². The number of aromatic nitrogens is 1. The van der Waals surface area contributed by atoms with Crippen LogP contribution in [0.4, 0.5) is 0 Å². The standard InChI is InChI=1S/C21H25N3O3/c1-27-19-6-2-4-17(12-19)14-24-15-18(7-8-20(24)25)21(26)23-11-9-16-5-3-10-22-13-16/h2-6,10,12-13,18H,7-9,11,14-15H2,1H3,(H,23,26)/t18-/m0/s1. The molecule has 6 heteroatoms. The Morgan fingerprint density at radius 3 is 2.93 bits per heavy atom. The average Bonchev–Trinajstić information content (AvgIpc) is 2.70. The molecule has 1 aliphatic rings. The highest BCUT2D eigenvalue weighted by Gasteiger charge is 2.30. The third-order valence-corrected chi connectivity index (χ3v) is 4.81. The van der Waals surface area contributed by atoms with Gasteiger partial charge in [-0.2, -0.15) is 0 Å². The number of amides is 2. The number of piperidine rings is 1. The van der Waals surface area contributed by atoms with Gasteiger partial charge in [0.25, 0.3) is 0 Å². The number of benzene rings is 1. The van der Waals surface area contributed by atoms with Crippen molar-refractivity contribution in [2.24, 2.45) is 5.92 Å². The van der Waals surface area contributed by atoms with Gasteiger partial charge in [0.15, 0.2) is 0 Å². The van der Waals surface area contributed by atoms with E-state index in [9.17, 15) is 9.59 Å². The van der Waals surface area contributed by atoms with Crippen molar-refractivity contribution < 1.29 is 14.3 Å². The number of hydrogen-bond acceptors (Lipinski definition) is 4. The van der Waals surface area contributed by atoms with Gasteiger partial charge in [-0.3, -0.25) is 14.6 Å². The van der Waals surface area contributed by atoms with E-state index >= 15 is 0 Å². The number of pyridine rings is 1. The lowest BCUT2D eigenvalue weighted by Crippen LogP contribution is -2.45. The zero-order chi connectivity index (χ0) is 19.1. The van der Waals surface area contributed by atoms with E-state index in [2.05, 4.69) is 10.3 Å². The maximum Gasteiger partial charge on any atom is 0.224 e. The minimum absolute atomic E-state index is 0.0158. The topological polar surface area (TPSA) is 71.5 Å². The molecule has 0 radical (unpaired) electrons. The molecule has 2 aromatic rings. The molecular weight excluding hydrogens is 342 g/mol.